The lowest BCUT2D eigenvalue weighted by Crippen LogP contribution is -2.26. The first-order valence-corrected chi connectivity index (χ1v) is 11.4. The van der Waals surface area contributed by atoms with Gasteiger partial charge in [0.15, 0.2) is 0 Å². The zero-order valence-electron chi connectivity index (χ0n) is 15.4. The number of aryl methyl sites for hydroxylation is 1. The smallest absolute Gasteiger partial charge is 0.258 e. The van der Waals surface area contributed by atoms with E-state index in [2.05, 4.69) is 0 Å². The summed E-state index contributed by atoms with van der Waals surface area (Å²) >= 11 is 0. The number of aromatic nitrogens is 1. The molecule has 1 fully saturated rings. The molecule has 3 aromatic rings. The minimum atomic E-state index is -2.02. The minimum absolute atomic E-state index is 0.171. The van der Waals surface area contributed by atoms with Gasteiger partial charge in [-0.05, 0) is 66.2 Å². The quantitative estimate of drug-likeness (QED) is 0.689. The van der Waals surface area contributed by atoms with Gasteiger partial charge in [-0.25, -0.2) is 4.39 Å². The average Bonchev–Trinajstić information content (AvgIpc) is 3.47. The van der Waals surface area contributed by atoms with Gasteiger partial charge in [-0.3, -0.25) is 4.79 Å². The molecule has 0 aliphatic heterocycles. The molecule has 1 atom stereocenters. The summed E-state index contributed by atoms with van der Waals surface area (Å²) in [5.41, 5.74) is 1.34. The van der Waals surface area contributed by atoms with Crippen LogP contribution in [0.2, 0.25) is 6.55 Å². The van der Waals surface area contributed by atoms with E-state index in [1.807, 2.05) is 24.7 Å². The first-order chi connectivity index (χ1) is 12.9. The Balaban J connectivity index is 1.95. The summed E-state index contributed by atoms with van der Waals surface area (Å²) in [4.78, 5) is 22.6. The third-order valence-electron chi connectivity index (χ3n) is 5.09. The van der Waals surface area contributed by atoms with Crippen molar-refractivity contribution in [1.82, 2.24) is 4.57 Å². The van der Waals surface area contributed by atoms with Crippen LogP contribution in [0.15, 0.2) is 47.4 Å². The van der Waals surface area contributed by atoms with Crippen molar-refractivity contribution in [2.24, 2.45) is 13.0 Å². The number of hydrogen-bond acceptors (Lipinski definition) is 3. The topological polar surface area (TPSA) is 51.5 Å². The molecule has 0 spiro atoms. The Hall–Kier alpha value is -2.44. The lowest BCUT2D eigenvalue weighted by atomic mass is 9.99. The van der Waals surface area contributed by atoms with Gasteiger partial charge in [0.25, 0.3) is 5.56 Å². The van der Waals surface area contributed by atoms with Crippen LogP contribution in [-0.4, -0.2) is 25.0 Å². The summed E-state index contributed by atoms with van der Waals surface area (Å²) in [6.07, 6.45) is 4.08. The molecule has 1 N–H and O–H groups in total. The number of nitrogens with zero attached hydrogens (tertiary/aromatic N) is 1. The lowest BCUT2D eigenvalue weighted by molar-refractivity contribution is 0.301. The number of hydrogen-bond donors (Lipinski definition) is 1. The zero-order valence-corrected chi connectivity index (χ0v) is 16.6. The van der Waals surface area contributed by atoms with E-state index < -0.39 is 14.9 Å². The lowest BCUT2D eigenvalue weighted by Gasteiger charge is -2.16. The van der Waals surface area contributed by atoms with E-state index >= 15 is 0 Å². The molecule has 0 amide bonds. The van der Waals surface area contributed by atoms with Crippen molar-refractivity contribution < 1.29 is 13.9 Å². The Labute approximate surface area is 158 Å². The second-order valence-electron chi connectivity index (χ2n) is 7.33. The van der Waals surface area contributed by atoms with Gasteiger partial charge in [0.2, 0.25) is 9.04 Å². The second kappa shape index (κ2) is 6.94. The van der Waals surface area contributed by atoms with Crippen LogP contribution in [0.4, 0.5) is 4.39 Å². The Kier molecular flexibility index (Phi) is 4.61. The number of benzene rings is 2. The number of rotatable bonds is 5. The molecule has 1 saturated carbocycles. The summed E-state index contributed by atoms with van der Waals surface area (Å²) in [5.74, 6) is 0.904. The Morgan fingerprint density at radius 1 is 1.19 bits per heavy atom. The molecular weight excluding hydrogens is 361 g/mol. The minimum Gasteiger partial charge on any atom is -0.493 e. The molecule has 0 saturated heterocycles. The number of halogens is 1. The van der Waals surface area contributed by atoms with Crippen molar-refractivity contribution >= 4 is 25.0 Å². The second-order valence-corrected chi connectivity index (χ2v) is 9.35. The van der Waals surface area contributed by atoms with Crippen LogP contribution in [0, 0.1) is 11.7 Å². The van der Waals surface area contributed by atoms with E-state index in [0.717, 1.165) is 16.3 Å². The number of pyridine rings is 1. The van der Waals surface area contributed by atoms with Crippen LogP contribution in [0.25, 0.3) is 21.9 Å². The molecule has 27 heavy (non-hydrogen) atoms. The maximum absolute atomic E-state index is 14.0. The monoisotopic (exact) mass is 383 g/mol. The first-order valence-electron chi connectivity index (χ1n) is 9.18. The largest absolute Gasteiger partial charge is 0.493 e. The summed E-state index contributed by atoms with van der Waals surface area (Å²) in [5, 5.41) is 1.89. The van der Waals surface area contributed by atoms with Crippen molar-refractivity contribution in [3.05, 3.63) is 58.8 Å². The summed E-state index contributed by atoms with van der Waals surface area (Å²) in [6, 6.07) is 9.91. The molecule has 1 aromatic heterocycles. The number of fused-ring (bicyclic) bond motifs is 1. The van der Waals surface area contributed by atoms with Crippen molar-refractivity contribution in [1.29, 1.82) is 0 Å². The van der Waals surface area contributed by atoms with E-state index in [1.165, 1.54) is 35.6 Å². The Morgan fingerprint density at radius 2 is 1.96 bits per heavy atom. The van der Waals surface area contributed by atoms with E-state index in [1.54, 1.807) is 13.2 Å². The third-order valence-corrected chi connectivity index (χ3v) is 6.42. The molecule has 2 aromatic carbocycles. The van der Waals surface area contributed by atoms with Gasteiger partial charge >= 0.3 is 0 Å². The first kappa shape index (κ1) is 17.9. The molecule has 4 nitrogen and oxygen atoms in total. The normalized spacial score (nSPS) is 15.1. The fourth-order valence-electron chi connectivity index (χ4n) is 3.29. The standard InChI is InChI=1S/C21H22FNO3Si/c1-23-11-19(17-9-14(22)5-7-16(17)21(23)24)18-10-15(27(2)25)6-8-20(18)26-12-13-3-4-13/h5-11,13,25,27H,3-4,12H2,1-2H3. The van der Waals surface area contributed by atoms with Crippen molar-refractivity contribution in [2.75, 3.05) is 6.61 Å². The van der Waals surface area contributed by atoms with Gasteiger partial charge in [-0.15, -0.1) is 0 Å². The van der Waals surface area contributed by atoms with Crippen molar-refractivity contribution in [3.8, 4) is 16.9 Å². The predicted octanol–water partition coefficient (Wildman–Crippen LogP) is 2.69. The molecule has 1 aliphatic carbocycles. The molecule has 4 rings (SSSR count). The van der Waals surface area contributed by atoms with E-state index in [-0.39, 0.29) is 5.56 Å². The van der Waals surface area contributed by atoms with Gasteiger partial charge in [-0.2, -0.15) is 0 Å². The average molecular weight is 383 g/mol. The molecule has 1 unspecified atom stereocenters. The molecule has 0 radical (unpaired) electrons. The van der Waals surface area contributed by atoms with Gasteiger partial charge in [-0.1, -0.05) is 6.07 Å². The fourth-order valence-corrected chi connectivity index (χ4v) is 4.07. The maximum atomic E-state index is 14.0. The van der Waals surface area contributed by atoms with Crippen LogP contribution < -0.4 is 15.5 Å². The number of ether oxygens (including phenoxy) is 1. The van der Waals surface area contributed by atoms with Gasteiger partial charge in [0, 0.05) is 29.8 Å². The van der Waals surface area contributed by atoms with Gasteiger partial charge in [0.1, 0.15) is 11.6 Å². The van der Waals surface area contributed by atoms with Crippen LogP contribution in [0.3, 0.4) is 0 Å². The highest BCUT2D eigenvalue weighted by Gasteiger charge is 2.23. The molecule has 1 heterocycles. The molecular formula is C21H22FNO3Si. The summed E-state index contributed by atoms with van der Waals surface area (Å²) in [6.45, 7) is 2.48. The third kappa shape index (κ3) is 3.55. The summed E-state index contributed by atoms with van der Waals surface area (Å²) in [7, 11) is -0.334. The Bertz CT molecular complexity index is 1070. The van der Waals surface area contributed by atoms with E-state index in [4.69, 9.17) is 4.74 Å². The van der Waals surface area contributed by atoms with Crippen LogP contribution in [0.5, 0.6) is 5.75 Å². The molecule has 6 heteroatoms. The van der Waals surface area contributed by atoms with Gasteiger partial charge in [0.05, 0.1) is 6.61 Å². The predicted molar refractivity (Wildman–Crippen MR) is 108 cm³/mol. The Morgan fingerprint density at radius 3 is 2.67 bits per heavy atom. The fraction of sp³-hybridized carbons (Fsp3) is 0.286. The van der Waals surface area contributed by atoms with E-state index in [9.17, 15) is 14.0 Å². The highest BCUT2D eigenvalue weighted by molar-refractivity contribution is 6.64. The SMILES string of the molecule is Cn1cc(-c2cc([SiH](C)O)ccc2OCC2CC2)c2cc(F)ccc2c1=O. The van der Waals surface area contributed by atoms with Gasteiger partial charge < -0.3 is 14.1 Å². The van der Waals surface area contributed by atoms with E-state index in [0.29, 0.717) is 29.0 Å². The molecule has 0 bridgehead atoms. The van der Waals surface area contributed by atoms with Crippen LogP contribution in [-0.2, 0) is 7.05 Å². The van der Waals surface area contributed by atoms with Crippen molar-refractivity contribution in [3.63, 3.8) is 0 Å². The highest BCUT2D eigenvalue weighted by atomic mass is 28.3. The maximum Gasteiger partial charge on any atom is 0.258 e. The van der Waals surface area contributed by atoms with Crippen LogP contribution >= 0.6 is 0 Å². The molecule has 140 valence electrons. The molecule has 1 aliphatic rings. The highest BCUT2D eigenvalue weighted by Crippen LogP contribution is 2.36. The van der Waals surface area contributed by atoms with Crippen molar-refractivity contribution in [2.45, 2.75) is 19.4 Å². The zero-order chi connectivity index (χ0) is 19.1. The summed E-state index contributed by atoms with van der Waals surface area (Å²) < 4.78 is 21.5. The van der Waals surface area contributed by atoms with Crippen LogP contribution in [0.1, 0.15) is 12.8 Å².